The highest BCUT2D eigenvalue weighted by Crippen LogP contribution is 2.25. The number of amidine groups is 1. The zero-order chi connectivity index (χ0) is 13.4. The molecule has 1 atom stereocenters. The highest BCUT2D eigenvalue weighted by atomic mass is 19.1. The number of hydrazine groups is 1. The summed E-state index contributed by atoms with van der Waals surface area (Å²) in [6.45, 7) is 1.41. The second-order valence-electron chi connectivity index (χ2n) is 3.84. The maximum absolute atomic E-state index is 12.0. The van der Waals surface area contributed by atoms with Crippen molar-refractivity contribution in [3.8, 4) is 0 Å². The van der Waals surface area contributed by atoms with Crippen molar-refractivity contribution in [2.75, 3.05) is 6.67 Å². The first-order chi connectivity index (χ1) is 8.69. The van der Waals surface area contributed by atoms with Crippen molar-refractivity contribution in [1.29, 1.82) is 0 Å². The largest absolute Gasteiger partial charge is 0.322 e. The Morgan fingerprint density at radius 1 is 1.61 bits per heavy atom. The molecule has 1 heterocycles. The lowest BCUT2D eigenvalue weighted by atomic mass is 9.84. The number of hydrogen-bond donors (Lipinski definition) is 4. The Morgan fingerprint density at radius 3 is 2.89 bits per heavy atom. The van der Waals surface area contributed by atoms with Gasteiger partial charge in [0, 0.05) is 0 Å². The number of alkyl halides is 1. The number of aromatic nitrogens is 4. The van der Waals surface area contributed by atoms with Gasteiger partial charge in [0.1, 0.15) is 5.84 Å². The molecule has 1 rings (SSSR count). The number of hydrazone groups is 1. The Kier molecular flexibility index (Phi) is 5.18. The molecule has 1 aromatic rings. The average molecular weight is 256 g/mol. The second kappa shape index (κ2) is 6.64. The summed E-state index contributed by atoms with van der Waals surface area (Å²) >= 11 is 0. The summed E-state index contributed by atoms with van der Waals surface area (Å²) in [7, 11) is 0. The van der Waals surface area contributed by atoms with Gasteiger partial charge in [0.2, 0.25) is 0 Å². The maximum atomic E-state index is 12.0. The molecule has 1 aromatic heterocycles. The van der Waals surface area contributed by atoms with Crippen molar-refractivity contribution in [2.24, 2.45) is 16.8 Å². The van der Waals surface area contributed by atoms with Crippen LogP contribution in [0.15, 0.2) is 17.3 Å². The molecule has 0 aliphatic heterocycles. The van der Waals surface area contributed by atoms with Crippen LogP contribution < -0.4 is 17.1 Å². The van der Waals surface area contributed by atoms with Crippen LogP contribution in [0.5, 0.6) is 0 Å². The topological polar surface area (TPSA) is 131 Å². The molecule has 0 fully saturated rings. The molecule has 0 aliphatic rings. The van der Waals surface area contributed by atoms with Crippen molar-refractivity contribution in [1.82, 2.24) is 26.0 Å². The zero-order valence-electron chi connectivity index (χ0n) is 10.1. The number of nitrogens with two attached hydrogens (primary N) is 2. The van der Waals surface area contributed by atoms with Crippen LogP contribution in [0, 0.1) is 0 Å². The SMILES string of the molecule is CC(C/C=C/CCF)(/C(=N/N)NN)c1nn[nH]n1. The minimum absolute atomic E-state index is 0.314. The third-order valence-corrected chi connectivity index (χ3v) is 2.60. The van der Waals surface area contributed by atoms with Gasteiger partial charge in [-0.1, -0.05) is 17.4 Å². The van der Waals surface area contributed by atoms with Gasteiger partial charge in [-0.15, -0.1) is 10.2 Å². The van der Waals surface area contributed by atoms with E-state index >= 15 is 0 Å². The Hall–Kier alpha value is -2.03. The molecule has 0 amide bonds. The monoisotopic (exact) mass is 256 g/mol. The first-order valence-electron chi connectivity index (χ1n) is 5.39. The van der Waals surface area contributed by atoms with Gasteiger partial charge in [-0.3, -0.25) is 4.39 Å². The van der Waals surface area contributed by atoms with E-state index in [0.29, 0.717) is 24.5 Å². The fourth-order valence-corrected chi connectivity index (χ4v) is 1.53. The molecule has 0 spiro atoms. The molecule has 6 N–H and O–H groups in total. The van der Waals surface area contributed by atoms with E-state index in [0.717, 1.165) is 0 Å². The number of tetrazole rings is 1. The van der Waals surface area contributed by atoms with Gasteiger partial charge in [-0.25, -0.2) is 5.84 Å². The molecule has 0 aromatic carbocycles. The third kappa shape index (κ3) is 3.00. The number of aromatic amines is 1. The number of rotatable bonds is 6. The van der Waals surface area contributed by atoms with Crippen LogP contribution >= 0.6 is 0 Å². The lowest BCUT2D eigenvalue weighted by Crippen LogP contribution is -2.46. The average Bonchev–Trinajstić information content (AvgIpc) is 2.90. The van der Waals surface area contributed by atoms with Crippen LogP contribution in [0.3, 0.4) is 0 Å². The van der Waals surface area contributed by atoms with Crippen molar-refractivity contribution in [3.05, 3.63) is 18.0 Å². The predicted molar refractivity (Wildman–Crippen MR) is 64.8 cm³/mol. The summed E-state index contributed by atoms with van der Waals surface area (Å²) in [6.07, 6.45) is 4.35. The zero-order valence-corrected chi connectivity index (χ0v) is 10.1. The number of halogens is 1. The van der Waals surface area contributed by atoms with E-state index in [2.05, 4.69) is 31.2 Å². The second-order valence-corrected chi connectivity index (χ2v) is 3.84. The van der Waals surface area contributed by atoms with Crippen LogP contribution in [-0.4, -0.2) is 33.1 Å². The quantitative estimate of drug-likeness (QED) is 0.178. The molecule has 0 bridgehead atoms. The lowest BCUT2D eigenvalue weighted by Gasteiger charge is -2.25. The van der Waals surface area contributed by atoms with Gasteiger partial charge in [0.15, 0.2) is 5.82 Å². The number of nitrogens with one attached hydrogen (secondary N) is 2. The van der Waals surface area contributed by atoms with Crippen LogP contribution in [0.25, 0.3) is 0 Å². The fraction of sp³-hybridized carbons (Fsp3) is 0.556. The van der Waals surface area contributed by atoms with E-state index in [-0.39, 0.29) is 0 Å². The molecule has 0 aliphatic carbocycles. The number of hydrogen-bond acceptors (Lipinski definition) is 6. The van der Waals surface area contributed by atoms with E-state index in [1.807, 2.05) is 6.92 Å². The molecule has 100 valence electrons. The van der Waals surface area contributed by atoms with Crippen LogP contribution in [0.2, 0.25) is 0 Å². The summed E-state index contributed by atoms with van der Waals surface area (Å²) < 4.78 is 12.0. The molecular weight excluding hydrogens is 239 g/mol. The molecular formula is C9H17FN8. The highest BCUT2D eigenvalue weighted by Gasteiger charge is 2.36. The van der Waals surface area contributed by atoms with E-state index in [1.165, 1.54) is 0 Å². The first-order valence-corrected chi connectivity index (χ1v) is 5.39. The Balaban J connectivity index is 2.95. The normalized spacial score (nSPS) is 15.8. The summed E-state index contributed by atoms with van der Waals surface area (Å²) in [5, 5.41) is 17.3. The van der Waals surface area contributed by atoms with Gasteiger partial charge in [-0.2, -0.15) is 10.3 Å². The van der Waals surface area contributed by atoms with Crippen LogP contribution in [0.1, 0.15) is 25.6 Å². The Bertz CT molecular complexity index is 401. The lowest BCUT2D eigenvalue weighted by molar-refractivity contribution is 0.500. The number of allylic oxidation sites excluding steroid dienone is 2. The van der Waals surface area contributed by atoms with E-state index in [1.54, 1.807) is 12.2 Å². The van der Waals surface area contributed by atoms with Crippen molar-refractivity contribution in [3.63, 3.8) is 0 Å². The van der Waals surface area contributed by atoms with E-state index in [9.17, 15) is 4.39 Å². The van der Waals surface area contributed by atoms with E-state index < -0.39 is 12.1 Å². The summed E-state index contributed by atoms with van der Waals surface area (Å²) in [5.41, 5.74) is 1.67. The molecule has 9 heteroatoms. The summed E-state index contributed by atoms with van der Waals surface area (Å²) in [4.78, 5) is 0. The van der Waals surface area contributed by atoms with Crippen LogP contribution in [0.4, 0.5) is 4.39 Å². The maximum Gasteiger partial charge on any atom is 0.188 e. The van der Waals surface area contributed by atoms with Gasteiger partial charge in [-0.05, 0) is 19.8 Å². The van der Waals surface area contributed by atoms with Crippen molar-refractivity contribution >= 4 is 5.84 Å². The summed E-state index contributed by atoms with van der Waals surface area (Å²) in [5.74, 6) is 11.4. The Morgan fingerprint density at radius 2 is 2.39 bits per heavy atom. The number of nitrogens with zero attached hydrogens (tertiary/aromatic N) is 4. The van der Waals surface area contributed by atoms with E-state index in [4.69, 9.17) is 11.7 Å². The standard InChI is InChI=1S/C9H17FN8/c1-9(7(13-11)14-12,5-3-2-4-6-10)8-15-17-18-16-8/h2-3H,4-6,11-12H2,1H3,(H,13,14)(H,15,16,17,18)/b3-2+. The smallest absolute Gasteiger partial charge is 0.188 e. The minimum atomic E-state index is -0.747. The molecule has 0 saturated heterocycles. The first kappa shape index (κ1) is 14.0. The molecule has 0 saturated carbocycles. The number of H-pyrrole nitrogens is 1. The summed E-state index contributed by atoms with van der Waals surface area (Å²) in [6, 6.07) is 0. The van der Waals surface area contributed by atoms with Gasteiger partial charge in [0.25, 0.3) is 0 Å². The molecule has 0 radical (unpaired) electrons. The van der Waals surface area contributed by atoms with Gasteiger partial charge >= 0.3 is 0 Å². The van der Waals surface area contributed by atoms with Gasteiger partial charge in [0.05, 0.1) is 12.1 Å². The fourth-order valence-electron chi connectivity index (χ4n) is 1.53. The molecule has 1 unspecified atom stereocenters. The predicted octanol–water partition coefficient (Wildman–Crippen LogP) is -0.501. The van der Waals surface area contributed by atoms with Crippen molar-refractivity contribution in [2.45, 2.75) is 25.2 Å². The van der Waals surface area contributed by atoms with Gasteiger partial charge < -0.3 is 11.3 Å². The highest BCUT2D eigenvalue weighted by molar-refractivity contribution is 5.91. The minimum Gasteiger partial charge on any atom is -0.322 e. The Labute approximate surface area is 104 Å². The third-order valence-electron chi connectivity index (χ3n) is 2.60. The van der Waals surface area contributed by atoms with Crippen molar-refractivity contribution < 1.29 is 4.39 Å². The molecule has 18 heavy (non-hydrogen) atoms. The van der Waals surface area contributed by atoms with Crippen LogP contribution in [-0.2, 0) is 5.41 Å². The molecule has 8 nitrogen and oxygen atoms in total.